The van der Waals surface area contributed by atoms with Crippen molar-refractivity contribution in [3.63, 3.8) is 0 Å². The highest BCUT2D eigenvalue weighted by Gasteiger charge is 2.32. The Labute approximate surface area is 179 Å². The molecule has 1 aromatic heterocycles. The van der Waals surface area contributed by atoms with Gasteiger partial charge in [0.15, 0.2) is 0 Å². The summed E-state index contributed by atoms with van der Waals surface area (Å²) in [4.78, 5) is 17.8. The maximum atomic E-state index is 13.9. The van der Waals surface area contributed by atoms with E-state index in [4.69, 9.17) is 4.98 Å². The van der Waals surface area contributed by atoms with Crippen LogP contribution < -0.4 is 5.32 Å². The van der Waals surface area contributed by atoms with Crippen molar-refractivity contribution in [2.45, 2.75) is 25.2 Å². The summed E-state index contributed by atoms with van der Waals surface area (Å²) in [5.74, 6) is -0.688. The molecule has 3 atom stereocenters. The number of para-hydroxylation sites is 1. The fourth-order valence-corrected chi connectivity index (χ4v) is 5.12. The number of hydrogen-bond donors (Lipinski definition) is 2. The highest BCUT2D eigenvalue weighted by atomic mass is 32.1. The highest BCUT2D eigenvalue weighted by molar-refractivity contribution is 7.18. The average molecular weight is 425 g/mol. The molecule has 0 aliphatic heterocycles. The maximum Gasteiger partial charge on any atom is 0.224 e. The predicted octanol–water partition coefficient (Wildman–Crippen LogP) is 4.45. The number of allylic oxidation sites excluding steroid dienone is 2. The van der Waals surface area contributed by atoms with Crippen molar-refractivity contribution >= 4 is 27.5 Å². The molecule has 2 N–H and O–H groups in total. The van der Waals surface area contributed by atoms with Crippen LogP contribution in [0.25, 0.3) is 10.2 Å². The lowest BCUT2D eigenvalue weighted by Gasteiger charge is -2.27. The third-order valence-corrected chi connectivity index (χ3v) is 6.85. The smallest absolute Gasteiger partial charge is 0.224 e. The van der Waals surface area contributed by atoms with Gasteiger partial charge in [0, 0.05) is 25.0 Å². The Kier molecular flexibility index (Phi) is 6.55. The van der Waals surface area contributed by atoms with Gasteiger partial charge in [-0.05, 0) is 43.0 Å². The second-order valence-electron chi connectivity index (χ2n) is 7.76. The van der Waals surface area contributed by atoms with E-state index in [1.807, 2.05) is 18.2 Å². The minimum atomic E-state index is -0.282. The SMILES string of the molecule is O=C(NC[C@H](CO)Cc1ccccc1F)[C@@H]1CC=CC[C@H]1c1nc2ccccc2s1. The third kappa shape index (κ3) is 4.60. The van der Waals surface area contributed by atoms with E-state index in [2.05, 4.69) is 23.5 Å². The monoisotopic (exact) mass is 424 g/mol. The van der Waals surface area contributed by atoms with Crippen molar-refractivity contribution in [2.75, 3.05) is 13.2 Å². The summed E-state index contributed by atoms with van der Waals surface area (Å²) in [5, 5.41) is 13.7. The van der Waals surface area contributed by atoms with E-state index in [0.29, 0.717) is 24.9 Å². The standard InChI is InChI=1S/C24H25FN2O2S/c25-20-10-4-1-7-17(20)13-16(15-28)14-26-23(29)18-8-2-3-9-19(18)24-27-21-11-5-6-12-22(21)30-24/h1-7,10-12,16,18-19,28H,8-9,13-15H2,(H,26,29)/t16-,18-,19-/m1/s1. The Balaban J connectivity index is 1.43. The quantitative estimate of drug-likeness (QED) is 0.551. The number of hydrogen-bond acceptors (Lipinski definition) is 4. The molecule has 0 unspecified atom stereocenters. The lowest BCUT2D eigenvalue weighted by Crippen LogP contribution is -2.38. The highest BCUT2D eigenvalue weighted by Crippen LogP contribution is 2.38. The molecule has 1 amide bonds. The zero-order chi connectivity index (χ0) is 20.9. The van der Waals surface area contributed by atoms with E-state index >= 15 is 0 Å². The summed E-state index contributed by atoms with van der Waals surface area (Å²) in [6, 6.07) is 14.6. The van der Waals surface area contributed by atoms with Crippen molar-refractivity contribution in [1.82, 2.24) is 10.3 Å². The average Bonchev–Trinajstić information content (AvgIpc) is 3.22. The molecular weight excluding hydrogens is 399 g/mol. The summed E-state index contributed by atoms with van der Waals surface area (Å²) < 4.78 is 15.1. The molecule has 1 heterocycles. The van der Waals surface area contributed by atoms with E-state index in [1.54, 1.807) is 29.5 Å². The molecule has 3 aromatic rings. The minimum absolute atomic E-state index is 0.0319. The molecule has 4 nitrogen and oxygen atoms in total. The molecule has 0 spiro atoms. The van der Waals surface area contributed by atoms with E-state index in [9.17, 15) is 14.3 Å². The van der Waals surface area contributed by atoms with Crippen molar-refractivity contribution in [1.29, 1.82) is 0 Å². The van der Waals surface area contributed by atoms with Crippen LogP contribution in [0.15, 0.2) is 60.7 Å². The number of aromatic nitrogens is 1. The van der Waals surface area contributed by atoms with Crippen LogP contribution in [0.4, 0.5) is 4.39 Å². The summed E-state index contributed by atoms with van der Waals surface area (Å²) in [7, 11) is 0. The molecule has 2 aromatic carbocycles. The summed E-state index contributed by atoms with van der Waals surface area (Å²) in [6.45, 7) is 0.205. The number of benzene rings is 2. The van der Waals surface area contributed by atoms with E-state index < -0.39 is 0 Å². The Morgan fingerprint density at radius 2 is 1.93 bits per heavy atom. The van der Waals surface area contributed by atoms with Gasteiger partial charge in [0.1, 0.15) is 5.82 Å². The van der Waals surface area contributed by atoms with Crippen LogP contribution >= 0.6 is 11.3 Å². The fraction of sp³-hybridized carbons (Fsp3) is 0.333. The van der Waals surface area contributed by atoms with Gasteiger partial charge in [0.25, 0.3) is 0 Å². The zero-order valence-corrected chi connectivity index (χ0v) is 17.4. The number of nitrogens with one attached hydrogen (secondary N) is 1. The second kappa shape index (κ2) is 9.49. The second-order valence-corrected chi connectivity index (χ2v) is 8.83. The molecule has 6 heteroatoms. The van der Waals surface area contributed by atoms with E-state index in [-0.39, 0.29) is 36.1 Å². The number of aliphatic hydroxyl groups is 1. The molecule has 1 aliphatic carbocycles. The van der Waals surface area contributed by atoms with Crippen molar-refractivity contribution in [2.24, 2.45) is 11.8 Å². The molecule has 156 valence electrons. The Bertz CT molecular complexity index is 1020. The lowest BCUT2D eigenvalue weighted by molar-refractivity contribution is -0.126. The molecule has 0 radical (unpaired) electrons. The summed E-state index contributed by atoms with van der Waals surface area (Å²) in [5.41, 5.74) is 1.52. The first-order valence-corrected chi connectivity index (χ1v) is 11.1. The molecule has 4 rings (SSSR count). The predicted molar refractivity (Wildman–Crippen MR) is 118 cm³/mol. The number of amides is 1. The summed E-state index contributed by atoms with van der Waals surface area (Å²) >= 11 is 1.65. The molecule has 0 saturated carbocycles. The molecule has 1 aliphatic rings. The van der Waals surface area contributed by atoms with Gasteiger partial charge in [-0.3, -0.25) is 4.79 Å². The number of fused-ring (bicyclic) bond motifs is 1. The van der Waals surface area contributed by atoms with Crippen LogP contribution in [0, 0.1) is 17.7 Å². The molecule has 0 fully saturated rings. The molecule has 30 heavy (non-hydrogen) atoms. The minimum Gasteiger partial charge on any atom is -0.396 e. The van der Waals surface area contributed by atoms with Crippen molar-refractivity contribution in [3.8, 4) is 0 Å². The van der Waals surface area contributed by atoms with Gasteiger partial charge in [-0.15, -0.1) is 11.3 Å². The van der Waals surface area contributed by atoms with Crippen LogP contribution in [0.3, 0.4) is 0 Å². The van der Waals surface area contributed by atoms with Crippen LogP contribution in [0.1, 0.15) is 29.3 Å². The van der Waals surface area contributed by atoms with Crippen LogP contribution in [0.5, 0.6) is 0 Å². The first-order chi connectivity index (χ1) is 14.7. The Morgan fingerprint density at radius 1 is 1.17 bits per heavy atom. The first-order valence-electron chi connectivity index (χ1n) is 10.3. The van der Waals surface area contributed by atoms with Crippen LogP contribution in [0.2, 0.25) is 0 Å². The van der Waals surface area contributed by atoms with Crippen molar-refractivity contribution in [3.05, 3.63) is 77.1 Å². The number of thiazole rings is 1. The molecule has 0 saturated heterocycles. The van der Waals surface area contributed by atoms with Gasteiger partial charge in [-0.1, -0.05) is 42.5 Å². The van der Waals surface area contributed by atoms with Gasteiger partial charge in [-0.2, -0.15) is 0 Å². The third-order valence-electron chi connectivity index (χ3n) is 5.69. The van der Waals surface area contributed by atoms with E-state index in [0.717, 1.165) is 21.6 Å². The number of rotatable bonds is 7. The maximum absolute atomic E-state index is 13.9. The van der Waals surface area contributed by atoms with Gasteiger partial charge >= 0.3 is 0 Å². The first kappa shape index (κ1) is 20.7. The number of aliphatic hydroxyl groups excluding tert-OH is 1. The summed E-state index contributed by atoms with van der Waals surface area (Å²) in [6.07, 6.45) is 6.02. The van der Waals surface area contributed by atoms with Gasteiger partial charge < -0.3 is 10.4 Å². The number of nitrogens with zero attached hydrogens (tertiary/aromatic N) is 1. The Morgan fingerprint density at radius 3 is 2.73 bits per heavy atom. The number of halogens is 1. The number of carbonyl (C=O) groups is 1. The largest absolute Gasteiger partial charge is 0.396 e. The van der Waals surface area contributed by atoms with Crippen LogP contribution in [-0.2, 0) is 11.2 Å². The van der Waals surface area contributed by atoms with Gasteiger partial charge in [-0.25, -0.2) is 9.37 Å². The van der Waals surface area contributed by atoms with Crippen LogP contribution in [-0.4, -0.2) is 29.1 Å². The molecular formula is C24H25FN2O2S. The lowest BCUT2D eigenvalue weighted by atomic mass is 9.82. The fourth-order valence-electron chi connectivity index (χ4n) is 3.98. The van der Waals surface area contributed by atoms with E-state index in [1.165, 1.54) is 6.07 Å². The number of carbonyl (C=O) groups excluding carboxylic acids is 1. The molecule has 0 bridgehead atoms. The van der Waals surface area contributed by atoms with Crippen molar-refractivity contribution < 1.29 is 14.3 Å². The topological polar surface area (TPSA) is 62.2 Å². The van der Waals surface area contributed by atoms with Gasteiger partial charge in [0.2, 0.25) is 5.91 Å². The Hall–Kier alpha value is -2.57. The normalized spacial score (nSPS) is 19.7. The van der Waals surface area contributed by atoms with Gasteiger partial charge in [0.05, 0.1) is 21.1 Å². The zero-order valence-electron chi connectivity index (χ0n) is 16.6.